The molecule has 0 saturated carbocycles. The van der Waals surface area contributed by atoms with Crippen LogP contribution in [-0.4, -0.2) is 42.8 Å². The average Bonchev–Trinajstić information content (AvgIpc) is 2.90. The molecule has 1 fully saturated rings. The topological polar surface area (TPSA) is 84.9 Å². The number of hydrogen-bond donors (Lipinski definition) is 2. The van der Waals surface area contributed by atoms with E-state index in [0.29, 0.717) is 26.2 Å². The van der Waals surface area contributed by atoms with E-state index in [4.69, 9.17) is 14.6 Å². The first-order valence-corrected chi connectivity index (χ1v) is 8.37. The number of aryl methyl sites for hydroxylation is 1. The first-order valence-electron chi connectivity index (χ1n) is 8.37. The molecule has 2 atom stereocenters. The number of carbonyl (C=O) groups is 2. The SMILES string of the molecule is Cc1ccc(OC[C@H]2CNC(=O)[C@@H]2OCCCCCC(=O)O)cc1. The maximum atomic E-state index is 11.9. The molecule has 1 aliphatic rings. The second-order valence-electron chi connectivity index (χ2n) is 6.13. The van der Waals surface area contributed by atoms with Gasteiger partial charge in [0.15, 0.2) is 0 Å². The van der Waals surface area contributed by atoms with E-state index in [-0.39, 0.29) is 18.2 Å². The molecule has 6 heteroatoms. The van der Waals surface area contributed by atoms with E-state index in [1.54, 1.807) is 0 Å². The van der Waals surface area contributed by atoms with Gasteiger partial charge in [-0.2, -0.15) is 0 Å². The highest BCUT2D eigenvalue weighted by atomic mass is 16.5. The van der Waals surface area contributed by atoms with Crippen molar-refractivity contribution >= 4 is 11.9 Å². The van der Waals surface area contributed by atoms with Gasteiger partial charge in [0.2, 0.25) is 5.91 Å². The Hall–Kier alpha value is -2.08. The van der Waals surface area contributed by atoms with Crippen molar-refractivity contribution in [3.05, 3.63) is 29.8 Å². The van der Waals surface area contributed by atoms with E-state index in [0.717, 1.165) is 18.6 Å². The zero-order valence-corrected chi connectivity index (χ0v) is 14.0. The summed E-state index contributed by atoms with van der Waals surface area (Å²) in [5.74, 6) is -0.109. The largest absolute Gasteiger partial charge is 0.493 e. The minimum Gasteiger partial charge on any atom is -0.493 e. The Morgan fingerprint density at radius 3 is 2.71 bits per heavy atom. The Balaban J connectivity index is 1.70. The fourth-order valence-electron chi connectivity index (χ4n) is 2.61. The predicted octanol–water partition coefficient (Wildman–Crippen LogP) is 2.15. The van der Waals surface area contributed by atoms with Crippen molar-refractivity contribution in [1.29, 1.82) is 0 Å². The average molecular weight is 335 g/mol. The highest BCUT2D eigenvalue weighted by Crippen LogP contribution is 2.18. The molecule has 132 valence electrons. The molecule has 2 rings (SSSR count). The zero-order valence-electron chi connectivity index (χ0n) is 14.0. The first-order chi connectivity index (χ1) is 11.6. The van der Waals surface area contributed by atoms with Crippen molar-refractivity contribution in [2.45, 2.75) is 38.7 Å². The lowest BCUT2D eigenvalue weighted by Crippen LogP contribution is -2.31. The number of nitrogens with one attached hydrogen (secondary N) is 1. The third kappa shape index (κ3) is 5.85. The Kier molecular flexibility index (Phi) is 7.06. The summed E-state index contributed by atoms with van der Waals surface area (Å²) in [6.45, 7) is 3.45. The second-order valence-corrected chi connectivity index (χ2v) is 6.13. The van der Waals surface area contributed by atoms with E-state index in [9.17, 15) is 9.59 Å². The van der Waals surface area contributed by atoms with E-state index >= 15 is 0 Å². The van der Waals surface area contributed by atoms with Gasteiger partial charge in [0.05, 0.1) is 6.61 Å². The van der Waals surface area contributed by atoms with Gasteiger partial charge in [0, 0.05) is 25.5 Å². The molecular formula is C18H25NO5. The summed E-state index contributed by atoms with van der Waals surface area (Å²) in [7, 11) is 0. The van der Waals surface area contributed by atoms with Gasteiger partial charge in [-0.15, -0.1) is 0 Å². The number of aliphatic carboxylic acids is 1. The Morgan fingerprint density at radius 1 is 1.25 bits per heavy atom. The quantitative estimate of drug-likeness (QED) is 0.640. The van der Waals surface area contributed by atoms with Crippen LogP contribution in [0, 0.1) is 12.8 Å². The Morgan fingerprint density at radius 2 is 2.00 bits per heavy atom. The standard InChI is InChI=1S/C18H25NO5/c1-13-6-8-15(9-7-13)24-12-14-11-19-18(22)17(14)23-10-4-2-3-5-16(20)21/h6-9,14,17H,2-5,10-12H2,1H3,(H,19,22)(H,20,21)/t14-,17-/m1/s1. The van der Waals surface area contributed by atoms with Gasteiger partial charge in [-0.05, 0) is 31.9 Å². The maximum absolute atomic E-state index is 11.9. The molecule has 0 aromatic heterocycles. The number of carboxylic acids is 1. The zero-order chi connectivity index (χ0) is 17.4. The molecule has 6 nitrogen and oxygen atoms in total. The minimum absolute atomic E-state index is 0.0159. The molecule has 24 heavy (non-hydrogen) atoms. The lowest BCUT2D eigenvalue weighted by Gasteiger charge is -2.18. The van der Waals surface area contributed by atoms with Crippen molar-refractivity contribution in [1.82, 2.24) is 5.32 Å². The summed E-state index contributed by atoms with van der Waals surface area (Å²) >= 11 is 0. The van der Waals surface area contributed by atoms with E-state index < -0.39 is 12.1 Å². The molecule has 1 heterocycles. The van der Waals surface area contributed by atoms with E-state index in [1.807, 2.05) is 31.2 Å². The number of benzene rings is 1. The van der Waals surface area contributed by atoms with Crippen molar-refractivity contribution in [2.24, 2.45) is 5.92 Å². The van der Waals surface area contributed by atoms with Crippen LogP contribution in [0.2, 0.25) is 0 Å². The predicted molar refractivity (Wildman–Crippen MR) is 89.0 cm³/mol. The summed E-state index contributed by atoms with van der Waals surface area (Å²) in [5, 5.41) is 11.4. The number of amides is 1. The first kappa shape index (κ1) is 18.3. The number of rotatable bonds is 10. The number of carboxylic acid groups (broad SMARTS) is 1. The second kappa shape index (κ2) is 9.27. The van der Waals surface area contributed by atoms with Crippen LogP contribution in [0.3, 0.4) is 0 Å². The molecule has 0 aliphatic carbocycles. The van der Waals surface area contributed by atoms with Gasteiger partial charge in [0.1, 0.15) is 11.9 Å². The van der Waals surface area contributed by atoms with Gasteiger partial charge in [-0.1, -0.05) is 24.1 Å². The van der Waals surface area contributed by atoms with Crippen molar-refractivity contribution in [3.8, 4) is 5.75 Å². The van der Waals surface area contributed by atoms with Crippen molar-refractivity contribution in [2.75, 3.05) is 19.8 Å². The molecule has 0 spiro atoms. The fraction of sp³-hybridized carbons (Fsp3) is 0.556. The highest BCUT2D eigenvalue weighted by Gasteiger charge is 2.35. The summed E-state index contributed by atoms with van der Waals surface area (Å²) in [6, 6.07) is 7.80. The van der Waals surface area contributed by atoms with E-state index in [1.165, 1.54) is 5.56 Å². The summed E-state index contributed by atoms with van der Waals surface area (Å²) in [5.41, 5.74) is 1.17. The van der Waals surface area contributed by atoms with Crippen molar-refractivity contribution < 1.29 is 24.2 Å². The summed E-state index contributed by atoms with van der Waals surface area (Å²) in [4.78, 5) is 22.3. The number of hydrogen-bond acceptors (Lipinski definition) is 4. The summed E-state index contributed by atoms with van der Waals surface area (Å²) < 4.78 is 11.5. The molecule has 1 aliphatic heterocycles. The number of carbonyl (C=O) groups excluding carboxylic acids is 1. The van der Waals surface area contributed by atoms with Gasteiger partial charge in [0.25, 0.3) is 0 Å². The molecule has 0 radical (unpaired) electrons. The van der Waals surface area contributed by atoms with Gasteiger partial charge in [-0.25, -0.2) is 0 Å². The number of ether oxygens (including phenoxy) is 2. The smallest absolute Gasteiger partial charge is 0.303 e. The van der Waals surface area contributed by atoms with Crippen LogP contribution in [0.5, 0.6) is 5.75 Å². The molecule has 0 unspecified atom stereocenters. The van der Waals surface area contributed by atoms with E-state index in [2.05, 4.69) is 5.32 Å². The lowest BCUT2D eigenvalue weighted by molar-refractivity contribution is -0.137. The molecule has 0 bridgehead atoms. The molecule has 1 aromatic carbocycles. The van der Waals surface area contributed by atoms with Crippen LogP contribution >= 0.6 is 0 Å². The van der Waals surface area contributed by atoms with Crippen LogP contribution in [0.4, 0.5) is 0 Å². The van der Waals surface area contributed by atoms with Crippen LogP contribution in [0.15, 0.2) is 24.3 Å². The molecule has 1 saturated heterocycles. The fourth-order valence-corrected chi connectivity index (χ4v) is 2.61. The van der Waals surface area contributed by atoms with Crippen LogP contribution in [0.25, 0.3) is 0 Å². The number of unbranched alkanes of at least 4 members (excludes halogenated alkanes) is 2. The Labute approximate surface area is 142 Å². The van der Waals surface area contributed by atoms with Gasteiger partial charge >= 0.3 is 5.97 Å². The maximum Gasteiger partial charge on any atom is 0.303 e. The highest BCUT2D eigenvalue weighted by molar-refractivity contribution is 5.83. The van der Waals surface area contributed by atoms with Crippen molar-refractivity contribution in [3.63, 3.8) is 0 Å². The monoisotopic (exact) mass is 335 g/mol. The van der Waals surface area contributed by atoms with Crippen LogP contribution in [-0.2, 0) is 14.3 Å². The third-order valence-electron chi connectivity index (χ3n) is 4.04. The molecule has 1 aromatic rings. The lowest BCUT2D eigenvalue weighted by atomic mass is 10.1. The Bertz CT molecular complexity index is 543. The molecule has 2 N–H and O–H groups in total. The third-order valence-corrected chi connectivity index (χ3v) is 4.04. The summed E-state index contributed by atoms with van der Waals surface area (Å²) in [6.07, 6.45) is 1.86. The molecule has 1 amide bonds. The molecular weight excluding hydrogens is 310 g/mol. The minimum atomic E-state index is -0.778. The normalized spacial score (nSPS) is 20.0. The van der Waals surface area contributed by atoms with Gasteiger partial charge < -0.3 is 19.9 Å². The van der Waals surface area contributed by atoms with Crippen LogP contribution in [0.1, 0.15) is 31.2 Å². The van der Waals surface area contributed by atoms with Crippen LogP contribution < -0.4 is 10.1 Å². The van der Waals surface area contributed by atoms with Gasteiger partial charge in [-0.3, -0.25) is 9.59 Å².